The molecule has 17 heavy (non-hydrogen) atoms. The summed E-state index contributed by atoms with van der Waals surface area (Å²) in [7, 11) is 3.50. The van der Waals surface area contributed by atoms with Crippen LogP contribution in [0.3, 0.4) is 0 Å². The predicted octanol–water partition coefficient (Wildman–Crippen LogP) is 1.72. The van der Waals surface area contributed by atoms with Crippen molar-refractivity contribution >= 4 is 17.6 Å². The second kappa shape index (κ2) is 5.74. The zero-order valence-corrected chi connectivity index (χ0v) is 11.8. The van der Waals surface area contributed by atoms with Gasteiger partial charge in [0.25, 0.3) is 0 Å². The molecule has 0 aromatic rings. The van der Waals surface area contributed by atoms with Crippen LogP contribution in [0.15, 0.2) is 16.6 Å². The largest absolute Gasteiger partial charge is 0.381 e. The van der Waals surface area contributed by atoms with E-state index >= 15 is 0 Å². The maximum Gasteiger partial charge on any atom is 0.191 e. The van der Waals surface area contributed by atoms with Crippen molar-refractivity contribution in [3.8, 4) is 0 Å². The molecule has 2 unspecified atom stereocenters. The zero-order chi connectivity index (χ0) is 13.1. The van der Waals surface area contributed by atoms with Gasteiger partial charge in [0.1, 0.15) is 0 Å². The second-order valence-corrected chi connectivity index (χ2v) is 5.46. The number of nitrogens with zero attached hydrogens (tertiary/aromatic N) is 1. The lowest BCUT2D eigenvalue weighted by Crippen LogP contribution is -2.63. The summed E-state index contributed by atoms with van der Waals surface area (Å²) in [5.41, 5.74) is 0.115. The van der Waals surface area contributed by atoms with Crippen molar-refractivity contribution in [1.29, 1.82) is 0 Å². The molecule has 1 saturated carbocycles. The lowest BCUT2D eigenvalue weighted by atomic mass is 9.64. The van der Waals surface area contributed by atoms with Gasteiger partial charge in [0.2, 0.25) is 0 Å². The van der Waals surface area contributed by atoms with Crippen molar-refractivity contribution in [3.05, 3.63) is 11.6 Å². The number of halogens is 1. The van der Waals surface area contributed by atoms with Gasteiger partial charge in [0.15, 0.2) is 5.96 Å². The van der Waals surface area contributed by atoms with Crippen LogP contribution in [0, 0.1) is 5.41 Å². The quantitative estimate of drug-likeness (QED) is 0.597. The molecule has 98 valence electrons. The van der Waals surface area contributed by atoms with Crippen LogP contribution in [-0.4, -0.2) is 38.8 Å². The van der Waals surface area contributed by atoms with Crippen molar-refractivity contribution in [3.63, 3.8) is 0 Å². The van der Waals surface area contributed by atoms with Gasteiger partial charge in [0.05, 0.1) is 12.6 Å². The second-order valence-electron chi connectivity index (χ2n) is 4.92. The minimum atomic E-state index is 0.115. The molecule has 0 bridgehead atoms. The molecule has 0 heterocycles. The fourth-order valence-corrected chi connectivity index (χ4v) is 2.14. The number of hydrogen-bond donors (Lipinski definition) is 2. The summed E-state index contributed by atoms with van der Waals surface area (Å²) in [4.78, 5) is 4.15. The van der Waals surface area contributed by atoms with Crippen LogP contribution in [0.4, 0.5) is 0 Å². The van der Waals surface area contributed by atoms with Gasteiger partial charge in [0, 0.05) is 30.6 Å². The number of nitrogens with one attached hydrogen (secondary N) is 2. The molecular weight excluding hydrogens is 238 g/mol. The molecule has 1 aliphatic rings. The van der Waals surface area contributed by atoms with Gasteiger partial charge in [-0.3, -0.25) is 4.99 Å². The number of guanidine groups is 1. The molecule has 0 aliphatic heterocycles. The first-order valence-corrected chi connectivity index (χ1v) is 6.12. The molecule has 5 heteroatoms. The Labute approximate surface area is 108 Å². The van der Waals surface area contributed by atoms with Gasteiger partial charge in [-0.25, -0.2) is 0 Å². The highest BCUT2D eigenvalue weighted by Crippen LogP contribution is 2.42. The maximum atomic E-state index is 5.71. The van der Waals surface area contributed by atoms with Crippen LogP contribution in [0.2, 0.25) is 0 Å². The first kappa shape index (κ1) is 14.3. The summed E-state index contributed by atoms with van der Waals surface area (Å²) in [6.07, 6.45) is 1.30. The fraction of sp³-hybridized carbons (Fsp3) is 0.750. The highest BCUT2D eigenvalue weighted by Gasteiger charge is 2.48. The van der Waals surface area contributed by atoms with Crippen LogP contribution >= 0.6 is 11.6 Å². The van der Waals surface area contributed by atoms with Crippen LogP contribution in [0.25, 0.3) is 0 Å². The standard InChI is InChI=1S/C12H22ClN3O/c1-8(13)7-15-11(14-4)16-9-6-10(17-5)12(9,2)3/h9-10H,1,6-7H2,2-5H3,(H2,14,15,16). The van der Waals surface area contributed by atoms with E-state index in [0.29, 0.717) is 23.7 Å². The Kier molecular flexibility index (Phi) is 4.83. The monoisotopic (exact) mass is 259 g/mol. The average molecular weight is 260 g/mol. The molecule has 1 fully saturated rings. The molecule has 0 spiro atoms. The van der Waals surface area contributed by atoms with Crippen LogP contribution < -0.4 is 10.6 Å². The van der Waals surface area contributed by atoms with E-state index in [0.717, 1.165) is 12.4 Å². The Hall–Kier alpha value is -0.740. The summed E-state index contributed by atoms with van der Waals surface area (Å²) in [6.45, 7) is 8.53. The van der Waals surface area contributed by atoms with Crippen molar-refractivity contribution in [2.75, 3.05) is 20.7 Å². The number of ether oxygens (including phenoxy) is 1. The van der Waals surface area contributed by atoms with Gasteiger partial charge < -0.3 is 15.4 Å². The molecule has 2 atom stereocenters. The molecule has 4 nitrogen and oxygen atoms in total. The zero-order valence-electron chi connectivity index (χ0n) is 11.0. The van der Waals surface area contributed by atoms with Gasteiger partial charge >= 0.3 is 0 Å². The smallest absolute Gasteiger partial charge is 0.191 e. The van der Waals surface area contributed by atoms with E-state index in [1.165, 1.54) is 0 Å². The number of rotatable bonds is 4. The van der Waals surface area contributed by atoms with Gasteiger partial charge in [-0.15, -0.1) is 0 Å². The summed E-state index contributed by atoms with van der Waals surface area (Å²) in [6, 6.07) is 0.363. The Bertz CT molecular complexity index is 315. The van der Waals surface area contributed by atoms with Gasteiger partial charge in [-0.1, -0.05) is 32.0 Å². The van der Waals surface area contributed by atoms with Gasteiger partial charge in [-0.05, 0) is 6.42 Å². The van der Waals surface area contributed by atoms with E-state index < -0.39 is 0 Å². The van der Waals surface area contributed by atoms with Crippen molar-refractivity contribution < 1.29 is 4.74 Å². The SMILES string of the molecule is C=C(Cl)CNC(=NC)NC1CC(OC)C1(C)C. The summed E-state index contributed by atoms with van der Waals surface area (Å²) >= 11 is 5.71. The lowest BCUT2D eigenvalue weighted by molar-refractivity contribution is -0.0922. The Morgan fingerprint density at radius 3 is 2.65 bits per heavy atom. The fourth-order valence-electron chi connectivity index (χ4n) is 2.07. The summed E-state index contributed by atoms with van der Waals surface area (Å²) < 4.78 is 5.41. The Balaban J connectivity index is 2.46. The van der Waals surface area contributed by atoms with E-state index in [9.17, 15) is 0 Å². The molecule has 2 N–H and O–H groups in total. The van der Waals surface area contributed by atoms with Crippen LogP contribution in [0.1, 0.15) is 20.3 Å². The average Bonchev–Trinajstić information content (AvgIpc) is 2.27. The van der Waals surface area contributed by atoms with E-state index in [2.05, 4.69) is 36.1 Å². The molecule has 0 aromatic carbocycles. The molecule has 1 rings (SSSR count). The normalized spacial score (nSPS) is 27.2. The van der Waals surface area contributed by atoms with E-state index in [1.807, 2.05) is 0 Å². The molecule has 0 amide bonds. The van der Waals surface area contributed by atoms with Crippen LogP contribution in [0.5, 0.6) is 0 Å². The number of hydrogen-bond acceptors (Lipinski definition) is 2. The molecular formula is C12H22ClN3O. The lowest BCUT2D eigenvalue weighted by Gasteiger charge is -2.51. The third-order valence-electron chi connectivity index (χ3n) is 3.44. The molecule has 0 saturated heterocycles. The van der Waals surface area contributed by atoms with Crippen molar-refractivity contribution in [1.82, 2.24) is 10.6 Å². The van der Waals surface area contributed by atoms with Crippen molar-refractivity contribution in [2.24, 2.45) is 10.4 Å². The molecule has 1 aliphatic carbocycles. The maximum absolute atomic E-state index is 5.71. The van der Waals surface area contributed by atoms with Crippen LogP contribution in [-0.2, 0) is 4.74 Å². The first-order valence-electron chi connectivity index (χ1n) is 5.75. The minimum absolute atomic E-state index is 0.115. The van der Waals surface area contributed by atoms with E-state index in [-0.39, 0.29) is 5.41 Å². The molecule has 0 radical (unpaired) electrons. The Morgan fingerprint density at radius 2 is 2.24 bits per heavy atom. The topological polar surface area (TPSA) is 45.7 Å². The molecule has 0 aromatic heterocycles. The predicted molar refractivity (Wildman–Crippen MR) is 72.5 cm³/mol. The highest BCUT2D eigenvalue weighted by atomic mass is 35.5. The third-order valence-corrected chi connectivity index (χ3v) is 3.58. The summed E-state index contributed by atoms with van der Waals surface area (Å²) in [5, 5.41) is 7.04. The van der Waals surface area contributed by atoms with Gasteiger partial charge in [-0.2, -0.15) is 0 Å². The minimum Gasteiger partial charge on any atom is -0.381 e. The number of aliphatic imine (C=N–C) groups is 1. The Morgan fingerprint density at radius 1 is 1.59 bits per heavy atom. The third kappa shape index (κ3) is 3.36. The summed E-state index contributed by atoms with van der Waals surface area (Å²) in [5.74, 6) is 0.749. The van der Waals surface area contributed by atoms with E-state index in [1.54, 1.807) is 14.2 Å². The first-order chi connectivity index (χ1) is 7.91. The number of methoxy groups -OCH3 is 1. The highest BCUT2D eigenvalue weighted by molar-refractivity contribution is 6.29. The van der Waals surface area contributed by atoms with Crippen molar-refractivity contribution in [2.45, 2.75) is 32.4 Å². The van der Waals surface area contributed by atoms with E-state index in [4.69, 9.17) is 16.3 Å².